The van der Waals surface area contributed by atoms with Gasteiger partial charge < -0.3 is 14.8 Å². The molecule has 0 bridgehead atoms. The maximum absolute atomic E-state index is 13.4. The highest BCUT2D eigenvalue weighted by molar-refractivity contribution is 5.85. The predicted molar refractivity (Wildman–Crippen MR) is 74.4 cm³/mol. The Morgan fingerprint density at radius 2 is 1.81 bits per heavy atom. The van der Waals surface area contributed by atoms with Gasteiger partial charge in [0.25, 0.3) is 5.91 Å². The lowest BCUT2D eigenvalue weighted by atomic mass is 10.0. The number of alkyl halides is 7. The van der Waals surface area contributed by atoms with Gasteiger partial charge in [-0.1, -0.05) is 19.1 Å². The molecule has 1 aliphatic rings. The molecule has 0 saturated carbocycles. The Morgan fingerprint density at radius 3 is 2.38 bits per heavy atom. The van der Waals surface area contributed by atoms with Crippen LogP contribution in [0, 0.1) is 0 Å². The summed E-state index contributed by atoms with van der Waals surface area (Å²) in [4.78, 5) is 11.5. The third-order valence-corrected chi connectivity index (χ3v) is 3.81. The van der Waals surface area contributed by atoms with Crippen molar-refractivity contribution < 1.29 is 45.0 Å². The Bertz CT molecular complexity index is 676. The molecule has 1 amide bonds. The van der Waals surface area contributed by atoms with Crippen LogP contribution in [0.5, 0.6) is 11.5 Å². The minimum Gasteiger partial charge on any atom is -0.454 e. The van der Waals surface area contributed by atoms with Gasteiger partial charge in [0.15, 0.2) is 11.5 Å². The molecule has 1 aromatic carbocycles. The number of para-hydroxylation sites is 1. The minimum absolute atomic E-state index is 0.00390. The first kappa shape index (κ1) is 20.1. The lowest BCUT2D eigenvalue weighted by Crippen LogP contribution is -2.60. The molecule has 1 aromatic rings. The van der Waals surface area contributed by atoms with E-state index in [-0.39, 0.29) is 19.6 Å². The molecule has 1 heterocycles. The van der Waals surface area contributed by atoms with Crippen molar-refractivity contribution in [1.29, 1.82) is 0 Å². The second-order valence-corrected chi connectivity index (χ2v) is 5.58. The van der Waals surface area contributed by atoms with Gasteiger partial charge in [-0.2, -0.15) is 30.7 Å². The monoisotopic (exact) mass is 389 g/mol. The second-order valence-electron chi connectivity index (χ2n) is 5.58. The molecule has 0 spiro atoms. The van der Waals surface area contributed by atoms with Crippen LogP contribution in [0.4, 0.5) is 30.7 Å². The number of hydrogen-bond donors (Lipinski definition) is 1. The van der Waals surface area contributed by atoms with Crippen molar-refractivity contribution in [2.45, 2.75) is 43.8 Å². The SMILES string of the molecule is CCC(Cc1cccc2c1OCO2)NC(=O)C(F)(F)C(F)(F)C(F)(F)F. The number of carbonyl (C=O) groups excluding carboxylic acids is 1. The van der Waals surface area contributed by atoms with Crippen molar-refractivity contribution in [3.63, 3.8) is 0 Å². The van der Waals surface area contributed by atoms with E-state index in [2.05, 4.69) is 0 Å². The van der Waals surface area contributed by atoms with E-state index in [1.807, 2.05) is 0 Å². The van der Waals surface area contributed by atoms with Crippen LogP contribution in [0.25, 0.3) is 0 Å². The summed E-state index contributed by atoms with van der Waals surface area (Å²) >= 11 is 0. The summed E-state index contributed by atoms with van der Waals surface area (Å²) in [7, 11) is 0. The molecule has 2 rings (SSSR count). The largest absolute Gasteiger partial charge is 0.460 e. The van der Waals surface area contributed by atoms with Gasteiger partial charge in [-0.25, -0.2) is 0 Å². The van der Waals surface area contributed by atoms with E-state index in [9.17, 15) is 35.5 Å². The first-order valence-corrected chi connectivity index (χ1v) is 7.42. The molecule has 0 aromatic heterocycles. The summed E-state index contributed by atoms with van der Waals surface area (Å²) in [5.41, 5.74) is 0.429. The standard InChI is InChI=1S/C15H14F7NO3/c1-2-9(6-8-4-3-5-10-11(8)26-7-25-10)23-12(24)13(16,17)14(18,19)15(20,21)22/h3-5,9H,2,6-7H2,1H3,(H,23,24). The number of benzene rings is 1. The fourth-order valence-electron chi connectivity index (χ4n) is 2.31. The van der Waals surface area contributed by atoms with E-state index in [0.29, 0.717) is 17.1 Å². The molecule has 0 aliphatic carbocycles. The number of halogens is 7. The average molecular weight is 389 g/mol. The molecule has 0 fully saturated rings. The molecule has 4 nitrogen and oxygen atoms in total. The first-order chi connectivity index (χ1) is 11.9. The van der Waals surface area contributed by atoms with Crippen molar-refractivity contribution >= 4 is 5.91 Å². The molecule has 1 aliphatic heterocycles. The Balaban J connectivity index is 2.15. The third-order valence-electron chi connectivity index (χ3n) is 3.81. The van der Waals surface area contributed by atoms with Crippen LogP contribution in [0.15, 0.2) is 18.2 Å². The van der Waals surface area contributed by atoms with Crippen molar-refractivity contribution in [3.8, 4) is 11.5 Å². The van der Waals surface area contributed by atoms with Gasteiger partial charge in [0.1, 0.15) is 0 Å². The maximum Gasteiger partial charge on any atom is 0.460 e. The van der Waals surface area contributed by atoms with Crippen LogP contribution < -0.4 is 14.8 Å². The Kier molecular flexibility index (Phi) is 5.29. The molecule has 11 heteroatoms. The number of hydrogen-bond acceptors (Lipinski definition) is 3. The zero-order valence-corrected chi connectivity index (χ0v) is 13.3. The van der Waals surface area contributed by atoms with Crippen molar-refractivity contribution in [2.75, 3.05) is 6.79 Å². The summed E-state index contributed by atoms with van der Waals surface area (Å²) in [5.74, 6) is -14.5. The molecule has 146 valence electrons. The smallest absolute Gasteiger partial charge is 0.454 e. The normalized spacial score (nSPS) is 15.7. The Morgan fingerprint density at radius 1 is 1.15 bits per heavy atom. The van der Waals surface area contributed by atoms with E-state index in [0.717, 1.165) is 0 Å². The molecule has 1 unspecified atom stereocenters. The number of rotatable bonds is 6. The van der Waals surface area contributed by atoms with E-state index >= 15 is 0 Å². The number of nitrogens with one attached hydrogen (secondary N) is 1. The topological polar surface area (TPSA) is 47.6 Å². The number of ether oxygens (including phenoxy) is 2. The van der Waals surface area contributed by atoms with E-state index in [4.69, 9.17) is 9.47 Å². The van der Waals surface area contributed by atoms with Crippen LogP contribution in [0.3, 0.4) is 0 Å². The van der Waals surface area contributed by atoms with Gasteiger partial charge in [0.05, 0.1) is 0 Å². The third kappa shape index (κ3) is 3.51. The van der Waals surface area contributed by atoms with Gasteiger partial charge in [0, 0.05) is 11.6 Å². The van der Waals surface area contributed by atoms with Gasteiger partial charge in [-0.05, 0) is 18.9 Å². The van der Waals surface area contributed by atoms with Crippen LogP contribution in [-0.2, 0) is 11.2 Å². The maximum atomic E-state index is 13.4. The predicted octanol–water partition coefficient (Wildman–Crippen LogP) is 3.69. The molecule has 1 atom stereocenters. The molecular formula is C15H14F7NO3. The lowest BCUT2D eigenvalue weighted by Gasteiger charge is -2.28. The van der Waals surface area contributed by atoms with Crippen LogP contribution in [0.2, 0.25) is 0 Å². The lowest BCUT2D eigenvalue weighted by molar-refractivity contribution is -0.344. The van der Waals surface area contributed by atoms with E-state index in [1.165, 1.54) is 13.0 Å². The van der Waals surface area contributed by atoms with Crippen LogP contribution in [0.1, 0.15) is 18.9 Å². The summed E-state index contributed by atoms with van der Waals surface area (Å²) in [6.07, 6.45) is -6.69. The van der Waals surface area contributed by atoms with Crippen molar-refractivity contribution in [1.82, 2.24) is 5.32 Å². The van der Waals surface area contributed by atoms with Crippen LogP contribution >= 0.6 is 0 Å². The second kappa shape index (κ2) is 6.84. The summed E-state index contributed by atoms with van der Waals surface area (Å²) in [5, 5.41) is 1.56. The minimum atomic E-state index is -6.57. The fourth-order valence-corrected chi connectivity index (χ4v) is 2.31. The van der Waals surface area contributed by atoms with E-state index < -0.39 is 30.0 Å². The average Bonchev–Trinajstić information content (AvgIpc) is 3.02. The number of amides is 1. The fraction of sp³-hybridized carbons (Fsp3) is 0.533. The van der Waals surface area contributed by atoms with Crippen molar-refractivity contribution in [3.05, 3.63) is 23.8 Å². The van der Waals surface area contributed by atoms with Gasteiger partial charge in [-0.3, -0.25) is 4.79 Å². The summed E-state index contributed by atoms with van der Waals surface area (Å²) < 4.78 is 99.5. The summed E-state index contributed by atoms with van der Waals surface area (Å²) in [6.45, 7) is 1.37. The highest BCUT2D eigenvalue weighted by Crippen LogP contribution is 2.46. The Labute approximate surface area is 143 Å². The first-order valence-electron chi connectivity index (χ1n) is 7.42. The summed E-state index contributed by atoms with van der Waals surface area (Å²) in [6, 6.07) is 3.55. The van der Waals surface area contributed by atoms with Crippen LogP contribution in [-0.4, -0.2) is 36.8 Å². The van der Waals surface area contributed by atoms with E-state index in [1.54, 1.807) is 17.4 Å². The molecule has 26 heavy (non-hydrogen) atoms. The van der Waals surface area contributed by atoms with Crippen molar-refractivity contribution in [2.24, 2.45) is 0 Å². The Hall–Kier alpha value is -2.20. The zero-order chi connectivity index (χ0) is 19.8. The van der Waals surface area contributed by atoms with Gasteiger partial charge in [0.2, 0.25) is 6.79 Å². The molecule has 0 saturated heterocycles. The number of fused-ring (bicyclic) bond motifs is 1. The molecule has 0 radical (unpaired) electrons. The molecule has 1 N–H and O–H groups in total. The highest BCUT2D eigenvalue weighted by Gasteiger charge is 2.76. The molecular weight excluding hydrogens is 375 g/mol. The van der Waals surface area contributed by atoms with Gasteiger partial charge >= 0.3 is 18.0 Å². The zero-order valence-electron chi connectivity index (χ0n) is 13.3. The quantitative estimate of drug-likeness (QED) is 0.756. The highest BCUT2D eigenvalue weighted by atomic mass is 19.4. The number of carbonyl (C=O) groups is 1. The van der Waals surface area contributed by atoms with Gasteiger partial charge in [-0.15, -0.1) is 0 Å².